The van der Waals surface area contributed by atoms with Crippen LogP contribution in [0.5, 0.6) is 11.5 Å². The van der Waals surface area contributed by atoms with E-state index in [0.29, 0.717) is 25.4 Å². The number of unbranched alkanes of at least 4 members (excludes halogenated alkanes) is 1. The third kappa shape index (κ3) is 6.05. The third-order valence-electron chi connectivity index (χ3n) is 3.57. The van der Waals surface area contributed by atoms with Crippen molar-refractivity contribution in [1.29, 1.82) is 0 Å². The molecule has 2 rings (SSSR count). The second-order valence-electron chi connectivity index (χ2n) is 5.56. The summed E-state index contributed by atoms with van der Waals surface area (Å²) in [7, 11) is 1.68. The van der Waals surface area contributed by atoms with Crippen molar-refractivity contribution in [3.63, 3.8) is 0 Å². The van der Waals surface area contributed by atoms with Crippen molar-refractivity contribution in [3.05, 3.63) is 59.7 Å². The molecule has 0 aliphatic carbocycles. The van der Waals surface area contributed by atoms with E-state index in [4.69, 9.17) is 14.2 Å². The second-order valence-corrected chi connectivity index (χ2v) is 5.56. The number of hydrogen-bond donors (Lipinski definition) is 0. The average Bonchev–Trinajstić information content (AvgIpc) is 2.60. The minimum atomic E-state index is 0.0638. The molecule has 0 aliphatic heterocycles. The van der Waals surface area contributed by atoms with Gasteiger partial charge in [0.05, 0.1) is 19.8 Å². The van der Waals surface area contributed by atoms with Gasteiger partial charge in [-0.05, 0) is 61.7 Å². The van der Waals surface area contributed by atoms with Crippen LogP contribution in [0.15, 0.2) is 48.5 Å². The lowest BCUT2D eigenvalue weighted by molar-refractivity contribution is 0.101. The van der Waals surface area contributed by atoms with Gasteiger partial charge in [-0.3, -0.25) is 4.79 Å². The average molecular weight is 328 g/mol. The Bertz CT molecular complexity index is 617. The first kappa shape index (κ1) is 18.0. The van der Waals surface area contributed by atoms with Gasteiger partial charge in [-0.15, -0.1) is 0 Å². The van der Waals surface area contributed by atoms with Crippen LogP contribution in [0.25, 0.3) is 0 Å². The van der Waals surface area contributed by atoms with Crippen LogP contribution < -0.4 is 9.47 Å². The second kappa shape index (κ2) is 9.73. The van der Waals surface area contributed by atoms with Crippen molar-refractivity contribution in [1.82, 2.24) is 0 Å². The number of ketones is 1. The molecule has 0 bridgehead atoms. The summed E-state index contributed by atoms with van der Waals surface area (Å²) in [5.41, 5.74) is 1.83. The number of carbonyl (C=O) groups excluding carboxylic acids is 1. The van der Waals surface area contributed by atoms with Crippen LogP contribution in [0.2, 0.25) is 0 Å². The maximum atomic E-state index is 11.2. The van der Waals surface area contributed by atoms with Crippen molar-refractivity contribution in [2.75, 3.05) is 20.3 Å². The monoisotopic (exact) mass is 328 g/mol. The first-order valence-corrected chi connectivity index (χ1v) is 8.13. The molecule has 0 saturated heterocycles. The number of Topliss-reactive ketones (excluding diaryl/α,β-unsaturated/α-hetero) is 1. The van der Waals surface area contributed by atoms with Gasteiger partial charge in [0.25, 0.3) is 0 Å². The zero-order valence-corrected chi connectivity index (χ0v) is 14.3. The van der Waals surface area contributed by atoms with Crippen LogP contribution in [0.3, 0.4) is 0 Å². The molecule has 0 spiro atoms. The molecule has 0 aliphatic rings. The van der Waals surface area contributed by atoms with Gasteiger partial charge in [0, 0.05) is 12.7 Å². The molecule has 0 heterocycles. The molecule has 0 aromatic heterocycles. The molecular formula is C20H24O4. The van der Waals surface area contributed by atoms with Gasteiger partial charge in [-0.1, -0.05) is 12.1 Å². The molecule has 4 nitrogen and oxygen atoms in total. The van der Waals surface area contributed by atoms with E-state index in [2.05, 4.69) is 0 Å². The largest absolute Gasteiger partial charge is 0.494 e. The van der Waals surface area contributed by atoms with Crippen LogP contribution in [-0.4, -0.2) is 26.1 Å². The lowest BCUT2D eigenvalue weighted by atomic mass is 10.1. The molecule has 24 heavy (non-hydrogen) atoms. The Morgan fingerprint density at radius 1 is 0.833 bits per heavy atom. The molecule has 128 valence electrons. The lowest BCUT2D eigenvalue weighted by Gasteiger charge is -2.08. The summed E-state index contributed by atoms with van der Waals surface area (Å²) < 4.78 is 16.4. The summed E-state index contributed by atoms with van der Waals surface area (Å²) in [4.78, 5) is 11.2. The van der Waals surface area contributed by atoms with E-state index in [-0.39, 0.29) is 5.78 Å². The molecule has 0 unspecified atom stereocenters. The summed E-state index contributed by atoms with van der Waals surface area (Å²) in [5.74, 6) is 1.72. The Kier molecular flexibility index (Phi) is 7.30. The van der Waals surface area contributed by atoms with Crippen LogP contribution >= 0.6 is 0 Å². The number of rotatable bonds is 10. The van der Waals surface area contributed by atoms with Crippen molar-refractivity contribution in [2.24, 2.45) is 0 Å². The van der Waals surface area contributed by atoms with Gasteiger partial charge >= 0.3 is 0 Å². The van der Waals surface area contributed by atoms with Crippen LogP contribution in [0, 0.1) is 0 Å². The number of hydrogen-bond acceptors (Lipinski definition) is 4. The first-order valence-electron chi connectivity index (χ1n) is 8.13. The standard InChI is InChI=1S/C20H24O4/c1-16(21)18-7-11-20(12-8-18)24-14-4-3-13-23-19-9-5-17(6-10-19)15-22-2/h5-12H,3-4,13-15H2,1-2H3. The summed E-state index contributed by atoms with van der Waals surface area (Å²) in [6.45, 7) is 3.47. The van der Waals surface area contributed by atoms with Crippen molar-refractivity contribution in [2.45, 2.75) is 26.4 Å². The zero-order chi connectivity index (χ0) is 17.2. The third-order valence-corrected chi connectivity index (χ3v) is 3.57. The molecule has 2 aromatic rings. The minimum absolute atomic E-state index is 0.0638. The molecule has 0 N–H and O–H groups in total. The fraction of sp³-hybridized carbons (Fsp3) is 0.350. The fourth-order valence-electron chi connectivity index (χ4n) is 2.22. The molecule has 0 radical (unpaired) electrons. The first-order chi connectivity index (χ1) is 11.7. The van der Waals surface area contributed by atoms with E-state index in [1.807, 2.05) is 36.4 Å². The number of carbonyl (C=O) groups is 1. The molecule has 4 heteroatoms. The van der Waals surface area contributed by atoms with Gasteiger partial charge in [0.1, 0.15) is 11.5 Å². The Balaban J connectivity index is 1.60. The summed E-state index contributed by atoms with van der Waals surface area (Å²) in [6.07, 6.45) is 1.83. The molecular weight excluding hydrogens is 304 g/mol. The van der Waals surface area contributed by atoms with Crippen molar-refractivity contribution >= 4 is 5.78 Å². The summed E-state index contributed by atoms with van der Waals surface area (Å²) >= 11 is 0. The van der Waals surface area contributed by atoms with Crippen LogP contribution in [-0.2, 0) is 11.3 Å². The lowest BCUT2D eigenvalue weighted by Crippen LogP contribution is -2.03. The van der Waals surface area contributed by atoms with E-state index >= 15 is 0 Å². The van der Waals surface area contributed by atoms with Gasteiger partial charge in [0.2, 0.25) is 0 Å². The smallest absolute Gasteiger partial charge is 0.159 e. The van der Waals surface area contributed by atoms with Crippen molar-refractivity contribution in [3.8, 4) is 11.5 Å². The molecule has 0 saturated carbocycles. The molecule has 0 amide bonds. The van der Waals surface area contributed by atoms with Gasteiger partial charge in [-0.25, -0.2) is 0 Å². The fourth-order valence-corrected chi connectivity index (χ4v) is 2.22. The number of benzene rings is 2. The SMILES string of the molecule is COCc1ccc(OCCCCOc2ccc(C(C)=O)cc2)cc1. The van der Waals surface area contributed by atoms with E-state index in [1.165, 1.54) is 0 Å². The molecule has 0 fully saturated rings. The van der Waals surface area contributed by atoms with Crippen LogP contribution in [0.1, 0.15) is 35.7 Å². The molecule has 0 atom stereocenters. The van der Waals surface area contributed by atoms with Crippen molar-refractivity contribution < 1.29 is 19.0 Å². The Hall–Kier alpha value is -2.33. The molecule has 2 aromatic carbocycles. The normalized spacial score (nSPS) is 10.4. The zero-order valence-electron chi connectivity index (χ0n) is 14.3. The predicted octanol–water partition coefficient (Wildman–Crippen LogP) is 4.27. The highest BCUT2D eigenvalue weighted by atomic mass is 16.5. The van der Waals surface area contributed by atoms with E-state index < -0.39 is 0 Å². The van der Waals surface area contributed by atoms with Gasteiger partial charge in [-0.2, -0.15) is 0 Å². The highest BCUT2D eigenvalue weighted by molar-refractivity contribution is 5.94. The highest BCUT2D eigenvalue weighted by Gasteiger charge is 2.00. The topological polar surface area (TPSA) is 44.8 Å². The highest BCUT2D eigenvalue weighted by Crippen LogP contribution is 2.14. The van der Waals surface area contributed by atoms with Gasteiger partial charge in [0.15, 0.2) is 5.78 Å². The Morgan fingerprint density at radius 3 is 1.79 bits per heavy atom. The van der Waals surface area contributed by atoms with E-state index in [1.54, 1.807) is 26.2 Å². The summed E-state index contributed by atoms with van der Waals surface area (Å²) in [6, 6.07) is 15.2. The Morgan fingerprint density at radius 2 is 1.33 bits per heavy atom. The van der Waals surface area contributed by atoms with E-state index in [9.17, 15) is 4.79 Å². The van der Waals surface area contributed by atoms with E-state index in [0.717, 1.165) is 29.9 Å². The summed E-state index contributed by atoms with van der Waals surface area (Å²) in [5, 5.41) is 0. The predicted molar refractivity (Wildman–Crippen MR) is 93.8 cm³/mol. The maximum absolute atomic E-state index is 11.2. The maximum Gasteiger partial charge on any atom is 0.159 e. The minimum Gasteiger partial charge on any atom is -0.494 e. The number of methoxy groups -OCH3 is 1. The van der Waals surface area contributed by atoms with Gasteiger partial charge < -0.3 is 14.2 Å². The quantitative estimate of drug-likeness (QED) is 0.482. The van der Waals surface area contributed by atoms with Crippen LogP contribution in [0.4, 0.5) is 0 Å². The number of ether oxygens (including phenoxy) is 3. The Labute approximate surface area is 143 Å².